The van der Waals surface area contributed by atoms with E-state index < -0.39 is 0 Å². The number of aryl methyl sites for hydroxylation is 1. The Balaban J connectivity index is 1.46. The van der Waals surface area contributed by atoms with Crippen LogP contribution >= 0.6 is 0 Å². The summed E-state index contributed by atoms with van der Waals surface area (Å²) in [6.45, 7) is 7.41. The normalized spacial score (nSPS) is 20.6. The van der Waals surface area contributed by atoms with E-state index in [4.69, 9.17) is 9.47 Å². The molecule has 0 spiro atoms. The molecule has 2 fully saturated rings. The van der Waals surface area contributed by atoms with Gasteiger partial charge in [-0.3, -0.25) is 14.5 Å². The molecular weight excluding hydrogens is 376 g/mol. The van der Waals surface area contributed by atoms with Gasteiger partial charge in [0.1, 0.15) is 0 Å². The number of tetrazole rings is 1. The number of carbonyl (C=O) groups is 2. The van der Waals surface area contributed by atoms with Gasteiger partial charge in [0.2, 0.25) is 5.91 Å². The number of amides is 1. The molecule has 2 saturated heterocycles. The van der Waals surface area contributed by atoms with Crippen molar-refractivity contribution in [1.29, 1.82) is 0 Å². The van der Waals surface area contributed by atoms with Crippen molar-refractivity contribution in [2.75, 3.05) is 39.5 Å². The van der Waals surface area contributed by atoms with Gasteiger partial charge in [0, 0.05) is 38.6 Å². The predicted molar refractivity (Wildman–Crippen MR) is 104 cm³/mol. The van der Waals surface area contributed by atoms with Gasteiger partial charge in [-0.05, 0) is 43.0 Å². The summed E-state index contributed by atoms with van der Waals surface area (Å²) in [5.74, 6) is 0.693. The molecule has 162 valence electrons. The molecule has 0 aromatic carbocycles. The second-order valence-corrected chi connectivity index (χ2v) is 7.56. The van der Waals surface area contributed by atoms with Gasteiger partial charge in [-0.25, -0.2) is 4.68 Å². The lowest BCUT2D eigenvalue weighted by molar-refractivity contribution is -0.146. The highest BCUT2D eigenvalue weighted by molar-refractivity contribution is 5.78. The molecule has 3 rings (SSSR count). The van der Waals surface area contributed by atoms with Gasteiger partial charge < -0.3 is 14.4 Å². The minimum Gasteiger partial charge on any atom is -0.466 e. The minimum atomic E-state index is -0.223. The van der Waals surface area contributed by atoms with Crippen molar-refractivity contribution in [3.63, 3.8) is 0 Å². The number of aromatic nitrogens is 4. The Morgan fingerprint density at radius 2 is 2.03 bits per heavy atom. The third-order valence-corrected chi connectivity index (χ3v) is 5.49. The molecule has 2 aliphatic rings. The summed E-state index contributed by atoms with van der Waals surface area (Å²) in [5, 5.41) is 12.0. The van der Waals surface area contributed by atoms with Crippen molar-refractivity contribution in [3.8, 4) is 0 Å². The molecule has 0 saturated carbocycles. The van der Waals surface area contributed by atoms with E-state index in [1.165, 1.54) is 0 Å². The highest BCUT2D eigenvalue weighted by Gasteiger charge is 2.28. The molecular formula is C19H32N6O4. The highest BCUT2D eigenvalue weighted by atomic mass is 16.5. The lowest BCUT2D eigenvalue weighted by Gasteiger charge is -2.35. The second kappa shape index (κ2) is 11.2. The van der Waals surface area contributed by atoms with Crippen molar-refractivity contribution < 1.29 is 19.1 Å². The van der Waals surface area contributed by atoms with Crippen LogP contribution in [0.1, 0.15) is 51.3 Å². The standard InChI is InChI=1S/C19H32N6O4/c1-2-29-19(27)14-16-6-3-4-8-24(16)18(26)7-5-9-25-17(20-21-22-25)15-23-10-12-28-13-11-23/h16H,2-15H2,1H3/t16-/m1/s1. The summed E-state index contributed by atoms with van der Waals surface area (Å²) in [4.78, 5) is 28.8. The first-order valence-corrected chi connectivity index (χ1v) is 10.7. The zero-order valence-electron chi connectivity index (χ0n) is 17.3. The quantitative estimate of drug-likeness (QED) is 0.548. The molecule has 2 aliphatic heterocycles. The number of likely N-dealkylation sites (tertiary alicyclic amines) is 1. The lowest BCUT2D eigenvalue weighted by atomic mass is 9.98. The van der Waals surface area contributed by atoms with Crippen LogP contribution in [0.15, 0.2) is 0 Å². The Morgan fingerprint density at radius 1 is 1.21 bits per heavy atom. The van der Waals surface area contributed by atoms with Crippen LogP contribution in [-0.4, -0.2) is 87.4 Å². The second-order valence-electron chi connectivity index (χ2n) is 7.56. The largest absolute Gasteiger partial charge is 0.466 e. The molecule has 0 radical (unpaired) electrons. The number of piperidine rings is 1. The molecule has 1 aromatic rings. The summed E-state index contributed by atoms with van der Waals surface area (Å²) < 4.78 is 12.2. The third-order valence-electron chi connectivity index (χ3n) is 5.49. The van der Waals surface area contributed by atoms with E-state index in [-0.39, 0.29) is 24.3 Å². The maximum atomic E-state index is 12.8. The first kappa shape index (κ1) is 21.6. The van der Waals surface area contributed by atoms with Crippen molar-refractivity contribution in [2.45, 2.75) is 64.6 Å². The van der Waals surface area contributed by atoms with Gasteiger partial charge in [-0.1, -0.05) is 0 Å². The van der Waals surface area contributed by atoms with Crippen LogP contribution < -0.4 is 0 Å². The highest BCUT2D eigenvalue weighted by Crippen LogP contribution is 2.21. The fourth-order valence-electron chi connectivity index (χ4n) is 3.95. The van der Waals surface area contributed by atoms with E-state index in [0.717, 1.165) is 57.9 Å². The van der Waals surface area contributed by atoms with E-state index in [9.17, 15) is 9.59 Å². The monoisotopic (exact) mass is 408 g/mol. The third kappa shape index (κ3) is 6.46. The Hall–Kier alpha value is -2.07. The molecule has 0 unspecified atom stereocenters. The topological polar surface area (TPSA) is 103 Å². The van der Waals surface area contributed by atoms with Crippen molar-refractivity contribution in [3.05, 3.63) is 5.82 Å². The van der Waals surface area contributed by atoms with Crippen LogP contribution in [0.25, 0.3) is 0 Å². The van der Waals surface area contributed by atoms with E-state index in [0.29, 0.717) is 32.5 Å². The van der Waals surface area contributed by atoms with E-state index in [2.05, 4.69) is 20.4 Å². The molecule has 1 amide bonds. The van der Waals surface area contributed by atoms with E-state index in [1.807, 2.05) is 4.90 Å². The summed E-state index contributed by atoms with van der Waals surface area (Å²) in [5.41, 5.74) is 0. The summed E-state index contributed by atoms with van der Waals surface area (Å²) in [6, 6.07) is -0.0415. The van der Waals surface area contributed by atoms with Crippen molar-refractivity contribution in [1.82, 2.24) is 30.0 Å². The molecule has 10 nitrogen and oxygen atoms in total. The number of hydrogen-bond acceptors (Lipinski definition) is 8. The Labute approximate surface area is 171 Å². The molecule has 29 heavy (non-hydrogen) atoms. The van der Waals surface area contributed by atoms with Gasteiger partial charge in [0.25, 0.3) is 0 Å². The van der Waals surface area contributed by atoms with Gasteiger partial charge in [-0.2, -0.15) is 0 Å². The molecule has 3 heterocycles. The first-order chi connectivity index (χ1) is 14.2. The number of hydrogen-bond donors (Lipinski definition) is 0. The molecule has 0 aliphatic carbocycles. The predicted octanol–water partition coefficient (Wildman–Crippen LogP) is 0.620. The van der Waals surface area contributed by atoms with E-state index in [1.54, 1.807) is 11.6 Å². The van der Waals surface area contributed by atoms with Gasteiger partial charge in [-0.15, -0.1) is 5.10 Å². The summed E-state index contributed by atoms with van der Waals surface area (Å²) >= 11 is 0. The van der Waals surface area contributed by atoms with Gasteiger partial charge >= 0.3 is 5.97 Å². The fraction of sp³-hybridized carbons (Fsp3) is 0.842. The van der Waals surface area contributed by atoms with Crippen LogP contribution in [0.2, 0.25) is 0 Å². The Morgan fingerprint density at radius 3 is 2.83 bits per heavy atom. The molecule has 10 heteroatoms. The zero-order valence-corrected chi connectivity index (χ0v) is 17.3. The number of rotatable bonds is 9. The molecule has 0 N–H and O–H groups in total. The first-order valence-electron chi connectivity index (χ1n) is 10.7. The van der Waals surface area contributed by atoms with Crippen LogP contribution in [0.3, 0.4) is 0 Å². The lowest BCUT2D eigenvalue weighted by Crippen LogP contribution is -2.45. The van der Waals surface area contributed by atoms with Crippen molar-refractivity contribution >= 4 is 11.9 Å². The number of ether oxygens (including phenoxy) is 2. The minimum absolute atomic E-state index is 0.0415. The van der Waals surface area contributed by atoms with Crippen LogP contribution in [0.4, 0.5) is 0 Å². The maximum absolute atomic E-state index is 12.8. The average molecular weight is 409 g/mol. The van der Waals surface area contributed by atoms with Crippen LogP contribution in [0, 0.1) is 0 Å². The Bertz CT molecular complexity index is 661. The summed E-state index contributed by atoms with van der Waals surface area (Å²) in [7, 11) is 0. The molecule has 1 aromatic heterocycles. The zero-order chi connectivity index (χ0) is 20.5. The Kier molecular flexibility index (Phi) is 8.36. The fourth-order valence-corrected chi connectivity index (χ4v) is 3.95. The van der Waals surface area contributed by atoms with Gasteiger partial charge in [0.05, 0.1) is 32.8 Å². The molecule has 1 atom stereocenters. The van der Waals surface area contributed by atoms with Gasteiger partial charge in [0.15, 0.2) is 5.82 Å². The summed E-state index contributed by atoms with van der Waals surface area (Å²) in [6.07, 6.45) is 4.28. The van der Waals surface area contributed by atoms with Crippen molar-refractivity contribution in [2.24, 2.45) is 0 Å². The SMILES string of the molecule is CCOC(=O)C[C@H]1CCCCN1C(=O)CCCn1nnnc1CN1CCOCC1. The maximum Gasteiger partial charge on any atom is 0.307 e. The number of nitrogens with zero attached hydrogens (tertiary/aromatic N) is 6. The molecule has 0 bridgehead atoms. The smallest absolute Gasteiger partial charge is 0.307 e. The van der Waals surface area contributed by atoms with E-state index >= 15 is 0 Å². The van der Waals surface area contributed by atoms with Crippen LogP contribution in [-0.2, 0) is 32.2 Å². The number of carbonyl (C=O) groups excluding carboxylic acids is 2. The average Bonchev–Trinajstić information content (AvgIpc) is 3.16. The number of esters is 1. The number of morpholine rings is 1. The van der Waals surface area contributed by atoms with Crippen LogP contribution in [0.5, 0.6) is 0 Å².